The fourth-order valence-corrected chi connectivity index (χ4v) is 0.571. The Kier molecular flexibility index (Phi) is 20.4. The average Bonchev–Trinajstić information content (AvgIpc) is 1.94. The fourth-order valence-electron chi connectivity index (χ4n) is 0.571. The molecule has 0 aromatic rings. The lowest BCUT2D eigenvalue weighted by Crippen LogP contribution is -1.97. The molecule has 0 atom stereocenters. The Balaban J connectivity index is -0.000000149. The van der Waals surface area contributed by atoms with E-state index in [4.69, 9.17) is 5.73 Å². The van der Waals surface area contributed by atoms with Gasteiger partial charge in [0.05, 0.1) is 0 Å². The van der Waals surface area contributed by atoms with Crippen molar-refractivity contribution in [2.45, 2.75) is 46.5 Å². The molecule has 0 aliphatic carbocycles. The third kappa shape index (κ3) is 18.0. The van der Waals surface area contributed by atoms with Crippen LogP contribution in [0.4, 0.5) is 0 Å². The Morgan fingerprint density at radius 1 is 1.11 bits per heavy atom. The molecule has 0 aromatic carbocycles. The van der Waals surface area contributed by atoms with Gasteiger partial charge in [-0.3, -0.25) is 0 Å². The zero-order chi connectivity index (χ0) is 7.54. The molecule has 0 unspecified atom stereocenters. The molecule has 60 valence electrons. The third-order valence-corrected chi connectivity index (χ3v) is 1.06. The van der Waals surface area contributed by atoms with Crippen molar-refractivity contribution in [2.75, 3.05) is 6.54 Å². The van der Waals surface area contributed by atoms with Crippen molar-refractivity contribution in [1.82, 2.24) is 0 Å². The number of hydrogen-bond acceptors (Lipinski definition) is 1. The third-order valence-electron chi connectivity index (χ3n) is 1.06. The highest BCUT2D eigenvalue weighted by molar-refractivity contribution is 4.38. The number of hydrogen-bond donors (Lipinski definition) is 1. The van der Waals surface area contributed by atoms with Crippen molar-refractivity contribution in [3.63, 3.8) is 0 Å². The van der Waals surface area contributed by atoms with E-state index in [2.05, 4.69) is 6.92 Å². The standard InChI is InChI=1S/C6H15N.C2H6.H2/c1-2-3-4-5-6-7;1-2;/h2-7H2,1H3;1-2H3;1H. The van der Waals surface area contributed by atoms with Crippen molar-refractivity contribution in [2.24, 2.45) is 5.73 Å². The molecular weight excluding hydrogens is 110 g/mol. The molecule has 0 amide bonds. The predicted molar refractivity (Wildman–Crippen MR) is 46.7 cm³/mol. The van der Waals surface area contributed by atoms with Gasteiger partial charge in [-0.05, 0) is 13.0 Å². The second kappa shape index (κ2) is 15.7. The maximum atomic E-state index is 5.27. The summed E-state index contributed by atoms with van der Waals surface area (Å²) in [5.74, 6) is 0. The molecular formula is C8H23N. The van der Waals surface area contributed by atoms with Crippen LogP contribution in [0.3, 0.4) is 0 Å². The molecule has 0 radical (unpaired) electrons. The largest absolute Gasteiger partial charge is 0.330 e. The van der Waals surface area contributed by atoms with Gasteiger partial charge >= 0.3 is 0 Å². The van der Waals surface area contributed by atoms with E-state index in [9.17, 15) is 0 Å². The molecule has 0 rings (SSSR count). The Morgan fingerprint density at radius 2 is 1.67 bits per heavy atom. The maximum Gasteiger partial charge on any atom is 0 e. The Labute approximate surface area is 61.1 Å². The SMILES string of the molecule is CC.CCCCCCN.[HH]. The topological polar surface area (TPSA) is 26.0 Å². The van der Waals surface area contributed by atoms with Crippen LogP contribution in [-0.2, 0) is 0 Å². The first-order valence-electron chi connectivity index (χ1n) is 4.12. The Bertz CT molecular complexity index is 28.4. The summed E-state index contributed by atoms with van der Waals surface area (Å²) in [5, 5.41) is 0. The van der Waals surface area contributed by atoms with E-state index in [1.165, 1.54) is 25.7 Å². The Hall–Kier alpha value is -0.0400. The molecule has 1 heteroatoms. The zero-order valence-electron chi connectivity index (χ0n) is 7.11. The van der Waals surface area contributed by atoms with Gasteiger partial charge in [0.15, 0.2) is 0 Å². The van der Waals surface area contributed by atoms with E-state index >= 15 is 0 Å². The minimum Gasteiger partial charge on any atom is -0.330 e. The van der Waals surface area contributed by atoms with Gasteiger partial charge in [0, 0.05) is 1.43 Å². The van der Waals surface area contributed by atoms with Gasteiger partial charge < -0.3 is 5.73 Å². The second-order valence-electron chi connectivity index (χ2n) is 1.85. The molecule has 0 aromatic heterocycles. The Morgan fingerprint density at radius 3 is 2.00 bits per heavy atom. The van der Waals surface area contributed by atoms with Crippen LogP contribution >= 0.6 is 0 Å². The first-order chi connectivity index (χ1) is 4.41. The fraction of sp³-hybridized carbons (Fsp3) is 1.00. The van der Waals surface area contributed by atoms with Gasteiger partial charge in [0.2, 0.25) is 0 Å². The van der Waals surface area contributed by atoms with E-state index in [0.29, 0.717) is 0 Å². The molecule has 0 aliphatic heterocycles. The van der Waals surface area contributed by atoms with Crippen LogP contribution in [0.15, 0.2) is 0 Å². The summed E-state index contributed by atoms with van der Waals surface area (Å²) >= 11 is 0. The quantitative estimate of drug-likeness (QED) is 0.586. The van der Waals surface area contributed by atoms with Gasteiger partial charge in [-0.15, -0.1) is 0 Å². The maximum absolute atomic E-state index is 5.27. The first-order valence-corrected chi connectivity index (χ1v) is 4.12. The van der Waals surface area contributed by atoms with Crippen molar-refractivity contribution in [3.05, 3.63) is 0 Å². The van der Waals surface area contributed by atoms with E-state index < -0.39 is 0 Å². The summed E-state index contributed by atoms with van der Waals surface area (Å²) in [7, 11) is 0. The van der Waals surface area contributed by atoms with E-state index in [1.807, 2.05) is 13.8 Å². The predicted octanol–water partition coefficient (Wildman–Crippen LogP) is 2.80. The summed E-state index contributed by atoms with van der Waals surface area (Å²) in [6.45, 7) is 7.07. The van der Waals surface area contributed by atoms with Crippen LogP contribution in [0, 0.1) is 0 Å². The highest BCUT2D eigenvalue weighted by Gasteiger charge is 1.80. The first kappa shape index (κ1) is 11.7. The van der Waals surface area contributed by atoms with Gasteiger partial charge in [0.1, 0.15) is 0 Å². The second-order valence-corrected chi connectivity index (χ2v) is 1.85. The summed E-state index contributed by atoms with van der Waals surface area (Å²) in [6, 6.07) is 0. The molecule has 0 spiro atoms. The lowest BCUT2D eigenvalue weighted by atomic mass is 10.2. The smallest absolute Gasteiger partial charge is 0 e. The summed E-state index contributed by atoms with van der Waals surface area (Å²) in [4.78, 5) is 0. The average molecular weight is 133 g/mol. The molecule has 0 heterocycles. The van der Waals surface area contributed by atoms with Crippen molar-refractivity contribution < 1.29 is 1.43 Å². The van der Waals surface area contributed by atoms with E-state index in [-0.39, 0.29) is 1.43 Å². The van der Waals surface area contributed by atoms with Crippen LogP contribution in [0.5, 0.6) is 0 Å². The minimum atomic E-state index is 0. The zero-order valence-corrected chi connectivity index (χ0v) is 7.11. The molecule has 0 bridgehead atoms. The van der Waals surface area contributed by atoms with Crippen molar-refractivity contribution in [3.8, 4) is 0 Å². The molecule has 0 fully saturated rings. The summed E-state index contributed by atoms with van der Waals surface area (Å²) in [5.41, 5.74) is 5.27. The monoisotopic (exact) mass is 133 g/mol. The van der Waals surface area contributed by atoms with Gasteiger partial charge in [-0.1, -0.05) is 40.0 Å². The number of nitrogens with two attached hydrogens (primary N) is 1. The van der Waals surface area contributed by atoms with E-state index in [1.54, 1.807) is 0 Å². The van der Waals surface area contributed by atoms with Crippen LogP contribution in [-0.4, -0.2) is 6.54 Å². The van der Waals surface area contributed by atoms with Gasteiger partial charge in [-0.25, -0.2) is 0 Å². The molecule has 0 saturated carbocycles. The van der Waals surface area contributed by atoms with Crippen molar-refractivity contribution >= 4 is 0 Å². The lowest BCUT2D eigenvalue weighted by molar-refractivity contribution is 0.674. The summed E-state index contributed by atoms with van der Waals surface area (Å²) < 4.78 is 0. The van der Waals surface area contributed by atoms with Crippen molar-refractivity contribution in [1.29, 1.82) is 0 Å². The number of unbranched alkanes of at least 4 members (excludes halogenated alkanes) is 3. The minimum absolute atomic E-state index is 0. The van der Waals surface area contributed by atoms with Gasteiger partial charge in [0.25, 0.3) is 0 Å². The normalized spacial score (nSPS) is 8.00. The van der Waals surface area contributed by atoms with E-state index in [0.717, 1.165) is 6.54 Å². The summed E-state index contributed by atoms with van der Waals surface area (Å²) in [6.07, 6.45) is 5.16. The molecule has 1 nitrogen and oxygen atoms in total. The molecule has 9 heavy (non-hydrogen) atoms. The van der Waals surface area contributed by atoms with Crippen LogP contribution in [0.1, 0.15) is 47.9 Å². The van der Waals surface area contributed by atoms with Gasteiger partial charge in [-0.2, -0.15) is 0 Å². The molecule has 0 aliphatic rings. The van der Waals surface area contributed by atoms with Crippen LogP contribution in [0.25, 0.3) is 0 Å². The molecule has 2 N–H and O–H groups in total. The van der Waals surface area contributed by atoms with Crippen LogP contribution in [0.2, 0.25) is 0 Å². The highest BCUT2D eigenvalue weighted by atomic mass is 14.5. The number of rotatable bonds is 4. The molecule has 0 saturated heterocycles. The van der Waals surface area contributed by atoms with Crippen LogP contribution < -0.4 is 5.73 Å². The highest BCUT2D eigenvalue weighted by Crippen LogP contribution is 1.95. The lowest BCUT2D eigenvalue weighted by Gasteiger charge is -1.90.